The van der Waals surface area contributed by atoms with Crippen molar-refractivity contribution in [1.82, 2.24) is 9.59 Å². The Kier molecular flexibility index (Phi) is 2.92. The second-order valence-corrected chi connectivity index (χ2v) is 4.65. The highest BCUT2D eigenvalue weighted by molar-refractivity contribution is 7.03. The number of rotatable bonds is 2. The summed E-state index contributed by atoms with van der Waals surface area (Å²) < 4.78 is 8.89. The SMILES string of the molecule is Cc1cccc(C2=NC(=Cc3csnn3)C(=O)O2)c1. The third-order valence-electron chi connectivity index (χ3n) is 2.55. The zero-order chi connectivity index (χ0) is 13.2. The minimum Gasteiger partial charge on any atom is -0.402 e. The molecule has 3 rings (SSSR count). The van der Waals surface area contributed by atoms with E-state index in [1.165, 1.54) is 11.5 Å². The summed E-state index contributed by atoms with van der Waals surface area (Å²) in [6.07, 6.45) is 1.56. The molecule has 0 atom stereocenters. The third kappa shape index (κ3) is 2.43. The van der Waals surface area contributed by atoms with Crippen LogP contribution in [0.1, 0.15) is 16.8 Å². The Balaban J connectivity index is 1.95. The van der Waals surface area contributed by atoms with Crippen LogP contribution in [0.4, 0.5) is 0 Å². The first-order valence-corrected chi connectivity index (χ1v) is 6.43. The summed E-state index contributed by atoms with van der Waals surface area (Å²) in [6.45, 7) is 1.97. The number of carbonyl (C=O) groups is 1. The summed E-state index contributed by atoms with van der Waals surface area (Å²) in [7, 11) is 0. The lowest BCUT2D eigenvalue weighted by molar-refractivity contribution is -0.129. The predicted octanol–water partition coefficient (Wildman–Crippen LogP) is 2.19. The number of hydrogen-bond acceptors (Lipinski definition) is 6. The van der Waals surface area contributed by atoms with Crippen molar-refractivity contribution in [2.45, 2.75) is 6.92 Å². The number of ether oxygens (including phenoxy) is 1. The molecule has 0 fully saturated rings. The first-order valence-electron chi connectivity index (χ1n) is 5.59. The fourth-order valence-corrected chi connectivity index (χ4v) is 2.10. The number of carbonyl (C=O) groups excluding carboxylic acids is 1. The molecule has 0 aliphatic carbocycles. The first-order chi connectivity index (χ1) is 9.22. The fourth-order valence-electron chi connectivity index (χ4n) is 1.69. The summed E-state index contributed by atoms with van der Waals surface area (Å²) in [5.74, 6) is -0.146. The molecule has 0 saturated carbocycles. The van der Waals surface area contributed by atoms with Gasteiger partial charge in [0.05, 0.1) is 0 Å². The largest absolute Gasteiger partial charge is 0.402 e. The average molecular weight is 271 g/mol. The highest BCUT2D eigenvalue weighted by Gasteiger charge is 2.24. The van der Waals surface area contributed by atoms with Crippen LogP contribution in [0.5, 0.6) is 0 Å². The van der Waals surface area contributed by atoms with Gasteiger partial charge < -0.3 is 4.74 Å². The van der Waals surface area contributed by atoms with E-state index in [0.29, 0.717) is 11.6 Å². The Morgan fingerprint density at radius 2 is 2.26 bits per heavy atom. The lowest BCUT2D eigenvalue weighted by atomic mass is 10.1. The molecule has 1 aliphatic rings. The molecule has 94 valence electrons. The normalized spacial score (nSPS) is 16.6. The van der Waals surface area contributed by atoms with E-state index in [9.17, 15) is 4.79 Å². The Morgan fingerprint density at radius 3 is 3.00 bits per heavy atom. The lowest BCUT2D eigenvalue weighted by Gasteiger charge is -1.99. The standard InChI is InChI=1S/C13H9N3O2S/c1-8-3-2-4-9(5-8)12-14-11(13(17)18-12)6-10-7-19-16-15-10/h2-7H,1H3. The van der Waals surface area contributed by atoms with Gasteiger partial charge in [0.2, 0.25) is 5.90 Å². The number of cyclic esters (lactones) is 1. The van der Waals surface area contributed by atoms with Crippen molar-refractivity contribution in [3.8, 4) is 0 Å². The van der Waals surface area contributed by atoms with E-state index >= 15 is 0 Å². The molecule has 0 amide bonds. The van der Waals surface area contributed by atoms with Crippen LogP contribution in [0, 0.1) is 6.92 Å². The topological polar surface area (TPSA) is 64.4 Å². The van der Waals surface area contributed by atoms with E-state index in [1.54, 1.807) is 11.5 Å². The van der Waals surface area contributed by atoms with Gasteiger partial charge in [-0.15, -0.1) is 5.10 Å². The van der Waals surface area contributed by atoms with Gasteiger partial charge in [0.15, 0.2) is 5.70 Å². The van der Waals surface area contributed by atoms with Gasteiger partial charge in [-0.05, 0) is 36.7 Å². The number of nitrogens with zero attached hydrogens (tertiary/aromatic N) is 3. The maximum absolute atomic E-state index is 11.7. The summed E-state index contributed by atoms with van der Waals surface area (Å²) in [6, 6.07) is 7.64. The molecule has 0 bridgehead atoms. The average Bonchev–Trinajstić information content (AvgIpc) is 3.01. The van der Waals surface area contributed by atoms with E-state index in [4.69, 9.17) is 4.74 Å². The maximum Gasteiger partial charge on any atom is 0.363 e. The molecule has 0 saturated heterocycles. The molecule has 2 heterocycles. The number of esters is 1. The van der Waals surface area contributed by atoms with Gasteiger partial charge in [-0.1, -0.05) is 22.2 Å². The van der Waals surface area contributed by atoms with Crippen molar-refractivity contribution in [2.75, 3.05) is 0 Å². The van der Waals surface area contributed by atoms with Crippen molar-refractivity contribution < 1.29 is 9.53 Å². The zero-order valence-corrected chi connectivity index (χ0v) is 10.8. The zero-order valence-electron chi connectivity index (χ0n) is 10.0. The number of hydrogen-bond donors (Lipinski definition) is 0. The van der Waals surface area contributed by atoms with Crippen LogP contribution in [0.3, 0.4) is 0 Å². The smallest absolute Gasteiger partial charge is 0.363 e. The third-order valence-corrected chi connectivity index (χ3v) is 3.07. The molecule has 5 nitrogen and oxygen atoms in total. The minimum absolute atomic E-state index is 0.240. The number of aryl methyl sites for hydroxylation is 1. The van der Waals surface area contributed by atoms with Crippen molar-refractivity contribution in [1.29, 1.82) is 0 Å². The van der Waals surface area contributed by atoms with Crippen LogP contribution >= 0.6 is 11.5 Å². The van der Waals surface area contributed by atoms with Crippen LogP contribution < -0.4 is 0 Å². The summed E-state index contributed by atoms with van der Waals surface area (Å²) in [5.41, 5.74) is 2.71. The van der Waals surface area contributed by atoms with Gasteiger partial charge in [-0.3, -0.25) is 0 Å². The Morgan fingerprint density at radius 1 is 1.37 bits per heavy atom. The van der Waals surface area contributed by atoms with Crippen LogP contribution in [-0.2, 0) is 9.53 Å². The molecule has 0 spiro atoms. The van der Waals surface area contributed by atoms with E-state index < -0.39 is 5.97 Å². The molecule has 19 heavy (non-hydrogen) atoms. The molecule has 0 radical (unpaired) electrons. The molecule has 0 unspecified atom stereocenters. The monoisotopic (exact) mass is 271 g/mol. The molecule has 0 N–H and O–H groups in total. The molecule has 1 aliphatic heterocycles. The van der Waals surface area contributed by atoms with Crippen LogP contribution in [0.2, 0.25) is 0 Å². The van der Waals surface area contributed by atoms with Gasteiger partial charge in [0, 0.05) is 10.9 Å². The lowest BCUT2D eigenvalue weighted by Crippen LogP contribution is -2.05. The van der Waals surface area contributed by atoms with Gasteiger partial charge >= 0.3 is 5.97 Å². The van der Waals surface area contributed by atoms with Crippen molar-refractivity contribution in [2.24, 2.45) is 4.99 Å². The predicted molar refractivity (Wildman–Crippen MR) is 71.7 cm³/mol. The summed E-state index contributed by atoms with van der Waals surface area (Å²) in [4.78, 5) is 15.9. The molecular weight excluding hydrogens is 262 g/mol. The highest BCUT2D eigenvalue weighted by atomic mass is 32.1. The molecule has 1 aromatic carbocycles. The maximum atomic E-state index is 11.7. The Labute approximate surface area is 113 Å². The minimum atomic E-state index is -0.468. The van der Waals surface area contributed by atoms with Crippen molar-refractivity contribution in [3.63, 3.8) is 0 Å². The molecule has 6 heteroatoms. The van der Waals surface area contributed by atoms with Crippen molar-refractivity contribution >= 4 is 29.5 Å². The quantitative estimate of drug-likeness (QED) is 0.620. The summed E-state index contributed by atoms with van der Waals surface area (Å²) in [5, 5.41) is 5.58. The Bertz CT molecular complexity index is 690. The van der Waals surface area contributed by atoms with E-state index in [-0.39, 0.29) is 5.70 Å². The Hall–Kier alpha value is -2.34. The summed E-state index contributed by atoms with van der Waals surface area (Å²) >= 11 is 1.22. The van der Waals surface area contributed by atoms with Crippen molar-refractivity contribution in [3.05, 3.63) is 52.2 Å². The molecule has 2 aromatic rings. The van der Waals surface area contributed by atoms with Gasteiger partial charge in [-0.2, -0.15) is 0 Å². The van der Waals surface area contributed by atoms with Crippen LogP contribution in [0.25, 0.3) is 6.08 Å². The fraction of sp³-hybridized carbons (Fsp3) is 0.0769. The van der Waals surface area contributed by atoms with Crippen LogP contribution in [0.15, 0.2) is 40.3 Å². The number of benzene rings is 1. The van der Waals surface area contributed by atoms with Gasteiger partial charge in [0.1, 0.15) is 5.69 Å². The van der Waals surface area contributed by atoms with E-state index in [0.717, 1.165) is 11.1 Å². The van der Waals surface area contributed by atoms with Crippen LogP contribution in [-0.4, -0.2) is 21.5 Å². The second kappa shape index (κ2) is 4.74. The number of aromatic nitrogens is 2. The molecular formula is C13H9N3O2S. The van der Waals surface area contributed by atoms with E-state index in [1.807, 2.05) is 31.2 Å². The first kappa shape index (κ1) is 11.7. The second-order valence-electron chi connectivity index (χ2n) is 4.04. The van der Waals surface area contributed by atoms with Gasteiger partial charge in [0.25, 0.3) is 0 Å². The highest BCUT2D eigenvalue weighted by Crippen LogP contribution is 2.19. The number of aliphatic imine (C=N–C) groups is 1. The van der Waals surface area contributed by atoms with E-state index in [2.05, 4.69) is 14.6 Å². The van der Waals surface area contributed by atoms with Gasteiger partial charge in [-0.25, -0.2) is 9.79 Å². The molecule has 1 aromatic heterocycles.